The first-order valence-electron chi connectivity index (χ1n) is 8.54. The van der Waals surface area contributed by atoms with E-state index in [1.54, 1.807) is 0 Å². The molecule has 0 unspecified atom stereocenters. The van der Waals surface area contributed by atoms with E-state index < -0.39 is 18.3 Å². The highest BCUT2D eigenvalue weighted by atomic mass is 19.4. The van der Waals surface area contributed by atoms with Gasteiger partial charge in [0.2, 0.25) is 0 Å². The average Bonchev–Trinajstić information content (AvgIpc) is 3.07. The quantitative estimate of drug-likeness (QED) is 0.904. The first-order chi connectivity index (χ1) is 11.2. The predicted molar refractivity (Wildman–Crippen MR) is 79.9 cm³/mol. The monoisotopic (exact) mass is 347 g/mol. The maximum Gasteiger partial charge on any atom is 0.409 e. The van der Waals surface area contributed by atoms with Crippen LogP contribution in [-0.2, 0) is 13.1 Å². The summed E-state index contributed by atoms with van der Waals surface area (Å²) in [6.07, 6.45) is 1.62. The lowest BCUT2D eigenvalue weighted by molar-refractivity contribution is -0.145. The van der Waals surface area contributed by atoms with Gasteiger partial charge in [-0.05, 0) is 44.4 Å². The van der Waals surface area contributed by atoms with Gasteiger partial charge in [-0.25, -0.2) is 0 Å². The molecule has 2 aliphatic rings. The largest absolute Gasteiger partial charge is 0.409 e. The van der Waals surface area contributed by atoms with Crippen molar-refractivity contribution in [1.29, 1.82) is 0 Å². The molecule has 0 bridgehead atoms. The van der Waals surface area contributed by atoms with Crippen LogP contribution in [0.1, 0.15) is 51.3 Å². The van der Waals surface area contributed by atoms with Crippen LogP contribution in [0.25, 0.3) is 0 Å². The number of halogens is 3. The highest BCUT2D eigenvalue weighted by Gasteiger charge is 2.43. The number of alkyl halides is 3. The van der Waals surface area contributed by atoms with Gasteiger partial charge in [0.05, 0.1) is 12.1 Å². The molecule has 1 N–H and O–H groups in total. The Labute approximate surface area is 139 Å². The van der Waals surface area contributed by atoms with E-state index in [0.29, 0.717) is 17.2 Å². The van der Waals surface area contributed by atoms with Gasteiger partial charge in [-0.1, -0.05) is 12.8 Å². The molecule has 3 rings (SSSR count). The molecule has 6 nitrogen and oxygen atoms in total. The molecule has 2 heterocycles. The zero-order valence-electron chi connectivity index (χ0n) is 13.8. The summed E-state index contributed by atoms with van der Waals surface area (Å²) in [5.41, 5.74) is -0.674. The molecule has 1 saturated heterocycles. The Hall–Kier alpha value is -1.22. The van der Waals surface area contributed by atoms with Gasteiger partial charge in [0, 0.05) is 12.0 Å². The fourth-order valence-corrected chi connectivity index (χ4v) is 4.20. The van der Waals surface area contributed by atoms with Crippen molar-refractivity contribution in [3.05, 3.63) is 5.82 Å². The van der Waals surface area contributed by atoms with Crippen molar-refractivity contribution >= 4 is 0 Å². The molecule has 1 saturated carbocycles. The van der Waals surface area contributed by atoms with Crippen LogP contribution in [0.2, 0.25) is 0 Å². The van der Waals surface area contributed by atoms with E-state index in [0.717, 1.165) is 45.1 Å². The van der Waals surface area contributed by atoms with Gasteiger partial charge in [-0.3, -0.25) is 4.90 Å². The lowest BCUT2D eigenvalue weighted by atomic mass is 9.72. The number of likely N-dealkylation sites (tertiary alicyclic amines) is 1. The molecule has 136 valence electrons. The van der Waals surface area contributed by atoms with Crippen LogP contribution < -0.4 is 0 Å². The Balaban J connectivity index is 1.66. The maximum atomic E-state index is 12.4. The van der Waals surface area contributed by atoms with E-state index in [-0.39, 0.29) is 12.0 Å². The number of rotatable bonds is 4. The summed E-state index contributed by atoms with van der Waals surface area (Å²) in [7, 11) is 0. The Morgan fingerprint density at radius 3 is 2.75 bits per heavy atom. The van der Waals surface area contributed by atoms with Crippen molar-refractivity contribution in [3.8, 4) is 0 Å². The third-order valence-electron chi connectivity index (χ3n) is 5.29. The van der Waals surface area contributed by atoms with Gasteiger partial charge >= 0.3 is 6.18 Å². The molecular formula is C15H24F3N5O. The molecule has 2 fully saturated rings. The molecule has 1 aromatic heterocycles. The highest BCUT2D eigenvalue weighted by Crippen LogP contribution is 2.40. The minimum Gasteiger partial charge on any atom is -0.390 e. The SMILES string of the molecule is C[C@]1(O)CCCC[C@H]1[C@@H]1CCCN1Cc1nnn(CC(F)(F)F)n1. The number of hydrogen-bond donors (Lipinski definition) is 1. The zero-order chi connectivity index (χ0) is 17.4. The second-order valence-corrected chi connectivity index (χ2v) is 7.24. The van der Waals surface area contributed by atoms with Crippen molar-refractivity contribution in [2.24, 2.45) is 5.92 Å². The van der Waals surface area contributed by atoms with Crippen molar-refractivity contribution in [2.75, 3.05) is 6.54 Å². The van der Waals surface area contributed by atoms with Crippen molar-refractivity contribution in [3.63, 3.8) is 0 Å². The van der Waals surface area contributed by atoms with E-state index >= 15 is 0 Å². The Morgan fingerprint density at radius 2 is 2.04 bits per heavy atom. The van der Waals surface area contributed by atoms with Crippen LogP contribution in [0.3, 0.4) is 0 Å². The topological polar surface area (TPSA) is 67.1 Å². The van der Waals surface area contributed by atoms with Crippen molar-refractivity contribution < 1.29 is 18.3 Å². The minimum atomic E-state index is -4.35. The average molecular weight is 347 g/mol. The first kappa shape index (κ1) is 17.6. The molecule has 1 aliphatic carbocycles. The summed E-state index contributed by atoms with van der Waals surface area (Å²) in [5.74, 6) is 0.501. The van der Waals surface area contributed by atoms with E-state index in [9.17, 15) is 18.3 Å². The van der Waals surface area contributed by atoms with Crippen molar-refractivity contribution in [1.82, 2.24) is 25.1 Å². The van der Waals surface area contributed by atoms with Crippen molar-refractivity contribution in [2.45, 2.75) is 76.4 Å². The number of nitrogens with zero attached hydrogens (tertiary/aromatic N) is 5. The van der Waals surface area contributed by atoms with E-state index in [1.165, 1.54) is 0 Å². The van der Waals surface area contributed by atoms with Gasteiger partial charge in [0.1, 0.15) is 0 Å². The third kappa shape index (κ3) is 4.05. The summed E-state index contributed by atoms with van der Waals surface area (Å²) in [5, 5.41) is 21.8. The molecule has 1 aromatic rings. The predicted octanol–water partition coefficient (Wildman–Crippen LogP) is 2.14. The lowest BCUT2D eigenvalue weighted by Crippen LogP contribution is -2.48. The Bertz CT molecular complexity index is 560. The van der Waals surface area contributed by atoms with Crippen LogP contribution >= 0.6 is 0 Å². The van der Waals surface area contributed by atoms with Gasteiger partial charge in [-0.15, -0.1) is 10.2 Å². The fourth-order valence-electron chi connectivity index (χ4n) is 4.20. The Morgan fingerprint density at radius 1 is 1.25 bits per heavy atom. The number of tetrazole rings is 1. The molecular weight excluding hydrogens is 323 g/mol. The van der Waals surface area contributed by atoms with Gasteiger partial charge < -0.3 is 5.11 Å². The molecule has 9 heteroatoms. The van der Waals surface area contributed by atoms with Gasteiger partial charge in [-0.2, -0.15) is 18.0 Å². The molecule has 0 amide bonds. The van der Waals surface area contributed by atoms with Crippen LogP contribution in [0.4, 0.5) is 13.2 Å². The number of aromatic nitrogens is 4. The summed E-state index contributed by atoms with van der Waals surface area (Å²) in [6, 6.07) is 0.231. The molecule has 0 spiro atoms. The molecule has 0 radical (unpaired) electrons. The molecule has 24 heavy (non-hydrogen) atoms. The summed E-state index contributed by atoms with van der Waals surface area (Å²) >= 11 is 0. The molecule has 0 aromatic carbocycles. The van der Waals surface area contributed by atoms with Crippen LogP contribution in [0, 0.1) is 5.92 Å². The van der Waals surface area contributed by atoms with Crippen LogP contribution in [-0.4, -0.2) is 54.6 Å². The standard InChI is InChI=1S/C15H24F3N5O/c1-14(24)7-3-2-5-11(14)12-6-4-8-22(12)9-13-19-21-23(20-13)10-15(16,17)18/h11-12,24H,2-10H2,1H3/t11-,12-,14-/m0/s1. The Kier molecular flexibility index (Phi) is 4.83. The second kappa shape index (κ2) is 6.59. The first-order valence-corrected chi connectivity index (χ1v) is 8.54. The van der Waals surface area contributed by atoms with Gasteiger partial charge in [0.25, 0.3) is 0 Å². The minimum absolute atomic E-state index is 0.193. The van der Waals surface area contributed by atoms with E-state index in [1.807, 2.05) is 6.92 Å². The third-order valence-corrected chi connectivity index (χ3v) is 5.29. The summed E-state index contributed by atoms with van der Waals surface area (Å²) < 4.78 is 37.1. The second-order valence-electron chi connectivity index (χ2n) is 7.24. The maximum absolute atomic E-state index is 12.4. The van der Waals surface area contributed by atoms with E-state index in [2.05, 4.69) is 20.3 Å². The fraction of sp³-hybridized carbons (Fsp3) is 0.933. The lowest BCUT2D eigenvalue weighted by Gasteiger charge is -2.43. The van der Waals surface area contributed by atoms with Crippen LogP contribution in [0.5, 0.6) is 0 Å². The van der Waals surface area contributed by atoms with Gasteiger partial charge in [0.15, 0.2) is 12.4 Å². The normalized spacial score (nSPS) is 32.4. The summed E-state index contributed by atoms with van der Waals surface area (Å²) in [6.45, 7) is 1.92. The number of hydrogen-bond acceptors (Lipinski definition) is 5. The summed E-state index contributed by atoms with van der Waals surface area (Å²) in [4.78, 5) is 2.79. The molecule has 3 atom stereocenters. The molecule has 1 aliphatic heterocycles. The number of aliphatic hydroxyl groups is 1. The van der Waals surface area contributed by atoms with E-state index in [4.69, 9.17) is 0 Å². The smallest absolute Gasteiger partial charge is 0.390 e. The zero-order valence-corrected chi connectivity index (χ0v) is 13.8. The van der Waals surface area contributed by atoms with Crippen LogP contribution in [0.15, 0.2) is 0 Å². The highest BCUT2D eigenvalue weighted by molar-refractivity contribution is 4.97.